The molecule has 18 heavy (non-hydrogen) atoms. The van der Waals surface area contributed by atoms with E-state index in [1.54, 1.807) is 17.4 Å². The van der Waals surface area contributed by atoms with Crippen molar-refractivity contribution >= 4 is 22.7 Å². The number of thiophene rings is 1. The Labute approximate surface area is 111 Å². The molecule has 2 rings (SSSR count). The third kappa shape index (κ3) is 2.31. The molecule has 0 radical (unpaired) electrons. The zero-order chi connectivity index (χ0) is 13.1. The molecule has 0 aliphatic heterocycles. The molecule has 0 amide bonds. The summed E-state index contributed by atoms with van der Waals surface area (Å²) in [5, 5.41) is 10.9. The number of rotatable bonds is 3. The molecule has 0 bridgehead atoms. The fourth-order valence-electron chi connectivity index (χ4n) is 1.81. The molecule has 1 atom stereocenters. The highest BCUT2D eigenvalue weighted by molar-refractivity contribution is 7.10. The molecular formula is C14H15N3S. The van der Waals surface area contributed by atoms with Crippen LogP contribution >= 0.6 is 11.3 Å². The maximum absolute atomic E-state index is 8.87. The maximum atomic E-state index is 8.87. The molecule has 0 spiro atoms. The predicted octanol–water partition coefficient (Wildman–Crippen LogP) is 3.40. The lowest BCUT2D eigenvalue weighted by Crippen LogP contribution is -2.20. The van der Waals surface area contributed by atoms with E-state index < -0.39 is 0 Å². The second kappa shape index (κ2) is 5.11. The SMILES string of the molecule is CC(c1cccs1)N(C)c1ccc(C#N)c(N)c1. The molecule has 0 aliphatic rings. The van der Waals surface area contributed by atoms with E-state index >= 15 is 0 Å². The van der Waals surface area contributed by atoms with Crippen molar-refractivity contribution < 1.29 is 0 Å². The summed E-state index contributed by atoms with van der Waals surface area (Å²) in [5.41, 5.74) is 7.91. The number of anilines is 2. The predicted molar refractivity (Wildman–Crippen MR) is 76.7 cm³/mol. The molecule has 2 aromatic rings. The van der Waals surface area contributed by atoms with Gasteiger partial charge >= 0.3 is 0 Å². The summed E-state index contributed by atoms with van der Waals surface area (Å²) in [6.07, 6.45) is 0. The first-order chi connectivity index (χ1) is 8.63. The van der Waals surface area contributed by atoms with Gasteiger partial charge in [-0.1, -0.05) is 6.07 Å². The van der Waals surface area contributed by atoms with Gasteiger partial charge in [0.15, 0.2) is 0 Å². The number of nitrogens with two attached hydrogens (primary N) is 1. The van der Waals surface area contributed by atoms with Crippen LogP contribution in [0, 0.1) is 11.3 Å². The van der Waals surface area contributed by atoms with Gasteiger partial charge in [0.2, 0.25) is 0 Å². The van der Waals surface area contributed by atoms with Crippen LogP contribution in [0.25, 0.3) is 0 Å². The minimum absolute atomic E-state index is 0.289. The molecule has 1 aromatic heterocycles. The Morgan fingerprint density at radius 1 is 1.39 bits per heavy atom. The molecule has 4 heteroatoms. The summed E-state index contributed by atoms with van der Waals surface area (Å²) in [6.45, 7) is 2.15. The molecule has 0 aliphatic carbocycles. The summed E-state index contributed by atoms with van der Waals surface area (Å²) in [4.78, 5) is 3.46. The van der Waals surface area contributed by atoms with Crippen molar-refractivity contribution in [3.63, 3.8) is 0 Å². The molecule has 1 heterocycles. The van der Waals surface area contributed by atoms with E-state index in [1.807, 2.05) is 19.2 Å². The molecule has 0 saturated carbocycles. The Hall–Kier alpha value is -1.99. The van der Waals surface area contributed by atoms with Crippen molar-refractivity contribution in [3.05, 3.63) is 46.2 Å². The minimum atomic E-state index is 0.289. The van der Waals surface area contributed by atoms with Gasteiger partial charge in [-0.15, -0.1) is 11.3 Å². The Morgan fingerprint density at radius 2 is 2.17 bits per heavy atom. The zero-order valence-electron chi connectivity index (χ0n) is 10.4. The van der Waals surface area contributed by atoms with Crippen LogP contribution < -0.4 is 10.6 Å². The fourth-order valence-corrected chi connectivity index (χ4v) is 2.64. The number of hydrogen-bond acceptors (Lipinski definition) is 4. The van der Waals surface area contributed by atoms with Crippen molar-refractivity contribution in [3.8, 4) is 6.07 Å². The molecule has 3 nitrogen and oxygen atoms in total. The van der Waals surface area contributed by atoms with E-state index in [2.05, 4.69) is 35.4 Å². The normalized spacial score (nSPS) is 11.8. The van der Waals surface area contributed by atoms with Gasteiger partial charge in [0.05, 0.1) is 17.3 Å². The fraction of sp³-hybridized carbons (Fsp3) is 0.214. The van der Waals surface area contributed by atoms with Gasteiger partial charge in [-0.3, -0.25) is 0 Å². The molecule has 2 N–H and O–H groups in total. The molecule has 0 fully saturated rings. The van der Waals surface area contributed by atoms with Gasteiger partial charge in [-0.25, -0.2) is 0 Å². The van der Waals surface area contributed by atoms with Crippen LogP contribution in [0.2, 0.25) is 0 Å². The van der Waals surface area contributed by atoms with Gasteiger partial charge < -0.3 is 10.6 Å². The van der Waals surface area contributed by atoms with E-state index in [-0.39, 0.29) is 6.04 Å². The van der Waals surface area contributed by atoms with Crippen LogP contribution in [0.15, 0.2) is 35.7 Å². The number of nitrogens with zero attached hydrogens (tertiary/aromatic N) is 2. The average molecular weight is 257 g/mol. The van der Waals surface area contributed by atoms with Crippen LogP contribution in [0.1, 0.15) is 23.4 Å². The Morgan fingerprint density at radius 3 is 2.72 bits per heavy atom. The first-order valence-electron chi connectivity index (χ1n) is 5.69. The third-order valence-electron chi connectivity index (χ3n) is 3.10. The Balaban J connectivity index is 2.27. The van der Waals surface area contributed by atoms with E-state index in [0.29, 0.717) is 11.3 Å². The van der Waals surface area contributed by atoms with Crippen LogP contribution in [0.5, 0.6) is 0 Å². The highest BCUT2D eigenvalue weighted by atomic mass is 32.1. The van der Waals surface area contributed by atoms with Crippen LogP contribution in [0.4, 0.5) is 11.4 Å². The van der Waals surface area contributed by atoms with Crippen molar-refractivity contribution in [2.24, 2.45) is 0 Å². The highest BCUT2D eigenvalue weighted by Gasteiger charge is 2.14. The average Bonchev–Trinajstić information content (AvgIpc) is 2.90. The summed E-state index contributed by atoms with van der Waals surface area (Å²) in [5.74, 6) is 0. The number of nitriles is 1. The van der Waals surface area contributed by atoms with Gasteiger partial charge in [-0.05, 0) is 36.6 Å². The van der Waals surface area contributed by atoms with Crippen molar-refractivity contribution in [1.29, 1.82) is 5.26 Å². The first-order valence-corrected chi connectivity index (χ1v) is 6.57. The summed E-state index contributed by atoms with van der Waals surface area (Å²) >= 11 is 1.74. The number of nitrogen functional groups attached to an aromatic ring is 1. The van der Waals surface area contributed by atoms with Gasteiger partial charge in [0.25, 0.3) is 0 Å². The van der Waals surface area contributed by atoms with Gasteiger partial charge in [-0.2, -0.15) is 5.26 Å². The minimum Gasteiger partial charge on any atom is -0.398 e. The van der Waals surface area contributed by atoms with Gasteiger partial charge in [0, 0.05) is 17.6 Å². The standard InChI is InChI=1S/C14H15N3S/c1-10(14-4-3-7-18-14)17(2)12-6-5-11(9-15)13(16)8-12/h3-8,10H,16H2,1-2H3. The van der Waals surface area contributed by atoms with Crippen molar-refractivity contribution in [2.75, 3.05) is 17.7 Å². The quantitative estimate of drug-likeness (QED) is 0.857. The smallest absolute Gasteiger partial charge is 0.101 e. The van der Waals surface area contributed by atoms with Crippen molar-refractivity contribution in [1.82, 2.24) is 0 Å². The first kappa shape index (κ1) is 12.5. The summed E-state index contributed by atoms with van der Waals surface area (Å²) in [6, 6.07) is 12.1. The largest absolute Gasteiger partial charge is 0.398 e. The lowest BCUT2D eigenvalue weighted by atomic mass is 10.1. The lowest BCUT2D eigenvalue weighted by Gasteiger charge is -2.26. The van der Waals surface area contributed by atoms with Crippen molar-refractivity contribution in [2.45, 2.75) is 13.0 Å². The number of hydrogen-bond donors (Lipinski definition) is 1. The van der Waals surface area contributed by atoms with Crippen LogP contribution in [-0.2, 0) is 0 Å². The highest BCUT2D eigenvalue weighted by Crippen LogP contribution is 2.29. The summed E-state index contributed by atoms with van der Waals surface area (Å²) in [7, 11) is 2.03. The molecule has 92 valence electrons. The van der Waals surface area contributed by atoms with Gasteiger partial charge in [0.1, 0.15) is 6.07 Å². The van der Waals surface area contributed by atoms with E-state index in [0.717, 1.165) is 5.69 Å². The second-order valence-corrected chi connectivity index (χ2v) is 5.16. The molecule has 1 aromatic carbocycles. The second-order valence-electron chi connectivity index (χ2n) is 4.19. The van der Waals surface area contributed by atoms with E-state index in [9.17, 15) is 0 Å². The summed E-state index contributed by atoms with van der Waals surface area (Å²) < 4.78 is 0. The van der Waals surface area contributed by atoms with E-state index in [4.69, 9.17) is 11.0 Å². The zero-order valence-corrected chi connectivity index (χ0v) is 11.2. The monoisotopic (exact) mass is 257 g/mol. The molecular weight excluding hydrogens is 242 g/mol. The topological polar surface area (TPSA) is 53.0 Å². The van der Waals surface area contributed by atoms with Crippen LogP contribution in [0.3, 0.4) is 0 Å². The maximum Gasteiger partial charge on any atom is 0.101 e. The Bertz CT molecular complexity index is 569. The van der Waals surface area contributed by atoms with E-state index in [1.165, 1.54) is 4.88 Å². The third-order valence-corrected chi connectivity index (χ3v) is 4.14. The molecule has 0 saturated heterocycles. The molecule has 1 unspecified atom stereocenters. The Kier molecular flexibility index (Phi) is 3.54. The lowest BCUT2D eigenvalue weighted by molar-refractivity contribution is 0.754. The van der Waals surface area contributed by atoms with Crippen LogP contribution in [-0.4, -0.2) is 7.05 Å². The number of benzene rings is 1.